The zero-order chi connectivity index (χ0) is 16.2. The molecule has 1 unspecified atom stereocenters. The van der Waals surface area contributed by atoms with Crippen molar-refractivity contribution in [2.75, 3.05) is 31.5 Å². The summed E-state index contributed by atoms with van der Waals surface area (Å²) in [5.74, 6) is -0.0726. The highest BCUT2D eigenvalue weighted by atomic mass is 16.2. The highest BCUT2D eigenvalue weighted by molar-refractivity contribution is 5.92. The number of carbonyl (C=O) groups excluding carboxylic acids is 2. The van der Waals surface area contributed by atoms with Crippen LogP contribution in [-0.2, 0) is 4.79 Å². The minimum atomic E-state index is -0.375. The zero-order valence-electron chi connectivity index (χ0n) is 13.2. The van der Waals surface area contributed by atoms with E-state index in [2.05, 4.69) is 17.6 Å². The molecule has 4 N–H and O–H groups in total. The van der Waals surface area contributed by atoms with Gasteiger partial charge in [-0.05, 0) is 43.0 Å². The Morgan fingerprint density at radius 1 is 1.41 bits per heavy atom. The molecule has 1 aliphatic heterocycles. The van der Waals surface area contributed by atoms with Gasteiger partial charge in [0, 0.05) is 18.8 Å². The largest absolute Gasteiger partial charge is 0.341 e. The van der Waals surface area contributed by atoms with Crippen LogP contribution in [0.4, 0.5) is 10.5 Å². The molecule has 1 saturated heterocycles. The lowest BCUT2D eigenvalue weighted by Crippen LogP contribution is -2.42. The summed E-state index contributed by atoms with van der Waals surface area (Å²) in [6.07, 6.45) is 0.907. The number of hydrogen-bond acceptors (Lipinski definition) is 3. The number of nitrogens with two attached hydrogens (primary N) is 1. The fourth-order valence-corrected chi connectivity index (χ4v) is 2.57. The van der Waals surface area contributed by atoms with Gasteiger partial charge in [-0.3, -0.25) is 4.79 Å². The van der Waals surface area contributed by atoms with Crippen molar-refractivity contribution in [2.45, 2.75) is 20.3 Å². The van der Waals surface area contributed by atoms with Crippen LogP contribution >= 0.6 is 0 Å². The Balaban J connectivity index is 1.78. The first-order valence-electron chi connectivity index (χ1n) is 7.51. The van der Waals surface area contributed by atoms with Gasteiger partial charge in [0.05, 0.1) is 6.54 Å². The number of benzene rings is 1. The van der Waals surface area contributed by atoms with Crippen LogP contribution in [0.15, 0.2) is 24.3 Å². The van der Waals surface area contributed by atoms with Gasteiger partial charge in [-0.2, -0.15) is 0 Å². The van der Waals surface area contributed by atoms with Crippen LogP contribution in [0.3, 0.4) is 0 Å². The number of carbonyl (C=O) groups is 2. The molecule has 0 radical (unpaired) electrons. The summed E-state index contributed by atoms with van der Waals surface area (Å²) in [5, 5.41) is 5.32. The van der Waals surface area contributed by atoms with Crippen molar-refractivity contribution in [3.05, 3.63) is 29.8 Å². The highest BCUT2D eigenvalue weighted by Crippen LogP contribution is 2.28. The van der Waals surface area contributed by atoms with Crippen molar-refractivity contribution in [1.29, 1.82) is 0 Å². The molecule has 1 aromatic carbocycles. The van der Waals surface area contributed by atoms with Crippen molar-refractivity contribution >= 4 is 17.6 Å². The maximum Gasteiger partial charge on any atom is 0.319 e. The summed E-state index contributed by atoms with van der Waals surface area (Å²) in [5.41, 5.74) is 7.50. The molecule has 0 aliphatic carbocycles. The lowest BCUT2D eigenvalue weighted by atomic mass is 9.90. The number of urea groups is 1. The smallest absolute Gasteiger partial charge is 0.319 e. The maximum absolute atomic E-state index is 12.1. The molecule has 1 heterocycles. The van der Waals surface area contributed by atoms with Crippen molar-refractivity contribution in [3.8, 4) is 0 Å². The Morgan fingerprint density at radius 3 is 2.82 bits per heavy atom. The average Bonchev–Trinajstić information content (AvgIpc) is 2.88. The molecule has 0 bridgehead atoms. The Morgan fingerprint density at radius 2 is 2.18 bits per heavy atom. The number of nitrogens with zero attached hydrogens (tertiary/aromatic N) is 1. The van der Waals surface area contributed by atoms with Crippen LogP contribution in [-0.4, -0.2) is 43.0 Å². The number of likely N-dealkylation sites (tertiary alicyclic amines) is 1. The van der Waals surface area contributed by atoms with Crippen LogP contribution < -0.4 is 16.4 Å². The van der Waals surface area contributed by atoms with E-state index in [1.165, 1.54) is 0 Å². The molecule has 1 atom stereocenters. The summed E-state index contributed by atoms with van der Waals surface area (Å²) >= 11 is 0. The SMILES string of the molecule is Cc1cccc(NC(=O)NCC(=O)N2CCC(C)(CN)C2)c1. The molecule has 1 aliphatic rings. The van der Waals surface area contributed by atoms with E-state index in [9.17, 15) is 9.59 Å². The van der Waals surface area contributed by atoms with Gasteiger partial charge in [-0.1, -0.05) is 19.1 Å². The first-order chi connectivity index (χ1) is 10.4. The van der Waals surface area contributed by atoms with Gasteiger partial charge in [-0.15, -0.1) is 0 Å². The van der Waals surface area contributed by atoms with E-state index < -0.39 is 0 Å². The van der Waals surface area contributed by atoms with Crippen molar-refractivity contribution in [3.63, 3.8) is 0 Å². The summed E-state index contributed by atoms with van der Waals surface area (Å²) in [6, 6.07) is 7.12. The first-order valence-corrected chi connectivity index (χ1v) is 7.51. The third-order valence-corrected chi connectivity index (χ3v) is 4.08. The van der Waals surface area contributed by atoms with Crippen LogP contribution in [0.5, 0.6) is 0 Å². The van der Waals surface area contributed by atoms with E-state index in [1.54, 1.807) is 4.90 Å². The van der Waals surface area contributed by atoms with Gasteiger partial charge in [0.1, 0.15) is 0 Å². The van der Waals surface area contributed by atoms with Crippen molar-refractivity contribution < 1.29 is 9.59 Å². The van der Waals surface area contributed by atoms with E-state index in [0.717, 1.165) is 12.0 Å². The number of aryl methyl sites for hydroxylation is 1. The molecule has 6 nitrogen and oxygen atoms in total. The van der Waals surface area contributed by atoms with Crippen LogP contribution in [0.25, 0.3) is 0 Å². The predicted octanol–water partition coefficient (Wildman–Crippen LogP) is 1.31. The summed E-state index contributed by atoms with van der Waals surface area (Å²) in [4.78, 5) is 25.7. The molecule has 1 aromatic rings. The number of nitrogens with one attached hydrogen (secondary N) is 2. The number of amides is 3. The van der Waals surface area contributed by atoms with Gasteiger partial charge in [-0.25, -0.2) is 4.79 Å². The van der Waals surface area contributed by atoms with Crippen LogP contribution in [0, 0.1) is 12.3 Å². The quantitative estimate of drug-likeness (QED) is 0.784. The van der Waals surface area contributed by atoms with E-state index >= 15 is 0 Å². The van der Waals surface area contributed by atoms with E-state index in [1.807, 2.05) is 31.2 Å². The second kappa shape index (κ2) is 6.79. The number of hydrogen-bond donors (Lipinski definition) is 3. The molecule has 120 valence electrons. The Hall–Kier alpha value is -2.08. The average molecular weight is 304 g/mol. The van der Waals surface area contributed by atoms with Gasteiger partial charge < -0.3 is 21.3 Å². The van der Waals surface area contributed by atoms with Gasteiger partial charge in [0.15, 0.2) is 0 Å². The monoisotopic (exact) mass is 304 g/mol. The molecule has 1 fully saturated rings. The first kappa shape index (κ1) is 16.3. The molecular weight excluding hydrogens is 280 g/mol. The molecular formula is C16H24N4O2. The molecule has 6 heteroatoms. The maximum atomic E-state index is 12.1. The van der Waals surface area contributed by atoms with Crippen molar-refractivity contribution in [1.82, 2.24) is 10.2 Å². The second-order valence-corrected chi connectivity index (χ2v) is 6.26. The second-order valence-electron chi connectivity index (χ2n) is 6.26. The van der Waals surface area contributed by atoms with E-state index in [4.69, 9.17) is 5.73 Å². The fraction of sp³-hybridized carbons (Fsp3) is 0.500. The Kier molecular flexibility index (Phi) is 5.03. The minimum absolute atomic E-state index is 0.000512. The topological polar surface area (TPSA) is 87.5 Å². The van der Waals surface area contributed by atoms with Crippen LogP contribution in [0.1, 0.15) is 18.9 Å². The summed E-state index contributed by atoms with van der Waals surface area (Å²) in [7, 11) is 0. The highest BCUT2D eigenvalue weighted by Gasteiger charge is 2.34. The minimum Gasteiger partial charge on any atom is -0.341 e. The van der Waals surface area contributed by atoms with Crippen molar-refractivity contribution in [2.24, 2.45) is 11.1 Å². The molecule has 0 aromatic heterocycles. The Bertz CT molecular complexity index is 561. The lowest BCUT2D eigenvalue weighted by Gasteiger charge is -2.22. The molecule has 22 heavy (non-hydrogen) atoms. The number of rotatable bonds is 4. The standard InChI is InChI=1S/C16H24N4O2/c1-12-4-3-5-13(8-12)19-15(22)18-9-14(21)20-7-6-16(2,10-17)11-20/h3-5,8H,6-7,9-11,17H2,1-2H3,(H2,18,19,22). The normalized spacial score (nSPS) is 20.8. The van der Waals surface area contributed by atoms with Gasteiger partial charge in [0.2, 0.25) is 5.91 Å². The van der Waals surface area contributed by atoms with Gasteiger partial charge in [0.25, 0.3) is 0 Å². The fourth-order valence-electron chi connectivity index (χ4n) is 2.57. The summed E-state index contributed by atoms with van der Waals surface area (Å²) in [6.45, 7) is 5.96. The zero-order valence-corrected chi connectivity index (χ0v) is 13.2. The summed E-state index contributed by atoms with van der Waals surface area (Å²) < 4.78 is 0. The molecule has 0 spiro atoms. The molecule has 2 rings (SSSR count). The van der Waals surface area contributed by atoms with Crippen LogP contribution in [0.2, 0.25) is 0 Å². The predicted molar refractivity (Wildman–Crippen MR) is 86.6 cm³/mol. The molecule has 0 saturated carbocycles. The molecule has 3 amide bonds. The number of anilines is 1. The third-order valence-electron chi connectivity index (χ3n) is 4.08. The Labute approximate surface area is 131 Å². The third kappa shape index (κ3) is 4.21. The van der Waals surface area contributed by atoms with E-state index in [0.29, 0.717) is 25.3 Å². The van der Waals surface area contributed by atoms with Gasteiger partial charge >= 0.3 is 6.03 Å². The lowest BCUT2D eigenvalue weighted by molar-refractivity contribution is -0.129. The van der Waals surface area contributed by atoms with E-state index in [-0.39, 0.29) is 23.9 Å².